The molecule has 2 aromatic rings. The quantitative estimate of drug-likeness (QED) is 0.523. The Labute approximate surface area is 160 Å². The minimum absolute atomic E-state index is 0.203. The summed E-state index contributed by atoms with van der Waals surface area (Å²) in [6, 6.07) is 9.09. The van der Waals surface area contributed by atoms with Gasteiger partial charge >= 0.3 is 6.03 Å². The van der Waals surface area contributed by atoms with Crippen molar-refractivity contribution in [2.45, 2.75) is 46.5 Å². The van der Waals surface area contributed by atoms with Gasteiger partial charge in [0.25, 0.3) is 5.56 Å². The number of carbonyl (C=O) groups excluding carboxylic acids is 1. The molecular formula is C20H29N5O2. The highest BCUT2D eigenvalue weighted by molar-refractivity contribution is 5.82. The summed E-state index contributed by atoms with van der Waals surface area (Å²) >= 11 is 0. The molecule has 0 saturated carbocycles. The van der Waals surface area contributed by atoms with Crippen molar-refractivity contribution in [1.82, 2.24) is 20.1 Å². The third-order valence-corrected chi connectivity index (χ3v) is 4.34. The molecule has 7 heteroatoms. The van der Waals surface area contributed by atoms with E-state index >= 15 is 0 Å². The number of H-pyrrole nitrogens is 1. The van der Waals surface area contributed by atoms with Gasteiger partial charge in [-0.15, -0.1) is 0 Å². The van der Waals surface area contributed by atoms with E-state index in [1.807, 2.05) is 30.3 Å². The first-order valence-electron chi connectivity index (χ1n) is 9.53. The number of hydrogen-bond acceptors (Lipinski definition) is 3. The number of para-hydroxylation sites is 1. The molecule has 0 fully saturated rings. The van der Waals surface area contributed by atoms with Crippen LogP contribution in [0.3, 0.4) is 0 Å². The van der Waals surface area contributed by atoms with Gasteiger partial charge in [-0.05, 0) is 31.9 Å². The average Bonchev–Trinajstić information content (AvgIpc) is 2.97. The number of aromatic nitrogens is 2. The number of nitrogens with one attached hydrogen (secondary N) is 2. The van der Waals surface area contributed by atoms with Gasteiger partial charge in [0.15, 0.2) is 0 Å². The van der Waals surface area contributed by atoms with Crippen molar-refractivity contribution < 1.29 is 4.79 Å². The number of unbranched alkanes of at least 4 members (excludes halogenated alkanes) is 2. The van der Waals surface area contributed by atoms with E-state index in [0.717, 1.165) is 31.4 Å². The SMILES string of the molecule is CCCCN(CCCC)C(=O)NN=Cc1c(C)[nH]n(-c2ccccc2)c1=O. The standard InChI is InChI=1S/C20H29N5O2/c1-4-6-13-24(14-7-5-2)20(27)22-21-15-18-16(3)23-25(19(18)26)17-11-9-8-10-12-17/h8-12,15,23H,4-7,13-14H2,1-3H3,(H,22,27). The van der Waals surface area contributed by atoms with E-state index < -0.39 is 0 Å². The normalized spacial score (nSPS) is 11.1. The number of hydrazone groups is 1. The Bertz CT molecular complexity index is 800. The monoisotopic (exact) mass is 371 g/mol. The number of rotatable bonds is 9. The van der Waals surface area contributed by atoms with E-state index in [1.165, 1.54) is 10.9 Å². The molecule has 146 valence electrons. The van der Waals surface area contributed by atoms with Gasteiger partial charge in [-0.3, -0.25) is 9.89 Å². The van der Waals surface area contributed by atoms with Crippen LogP contribution in [-0.4, -0.2) is 40.0 Å². The predicted molar refractivity (Wildman–Crippen MR) is 109 cm³/mol. The van der Waals surface area contributed by atoms with Crippen molar-refractivity contribution in [3.8, 4) is 5.69 Å². The van der Waals surface area contributed by atoms with Crippen LogP contribution >= 0.6 is 0 Å². The first-order chi connectivity index (χ1) is 13.1. The van der Waals surface area contributed by atoms with Gasteiger partial charge in [0.1, 0.15) is 0 Å². The van der Waals surface area contributed by atoms with Gasteiger partial charge in [-0.25, -0.2) is 14.9 Å². The molecule has 0 aliphatic rings. The molecule has 0 bridgehead atoms. The van der Waals surface area contributed by atoms with Crippen LogP contribution in [0.5, 0.6) is 0 Å². The maximum atomic E-state index is 12.6. The zero-order valence-electron chi connectivity index (χ0n) is 16.4. The van der Waals surface area contributed by atoms with Crippen LogP contribution in [0.2, 0.25) is 0 Å². The Balaban J connectivity index is 2.08. The van der Waals surface area contributed by atoms with Crippen molar-refractivity contribution in [1.29, 1.82) is 0 Å². The maximum absolute atomic E-state index is 12.6. The molecule has 1 aromatic carbocycles. The van der Waals surface area contributed by atoms with Crippen LogP contribution in [-0.2, 0) is 0 Å². The molecule has 0 radical (unpaired) electrons. The second-order valence-corrected chi connectivity index (χ2v) is 6.50. The van der Waals surface area contributed by atoms with Gasteiger partial charge in [0, 0.05) is 18.8 Å². The highest BCUT2D eigenvalue weighted by atomic mass is 16.2. The first-order valence-corrected chi connectivity index (χ1v) is 9.53. The van der Waals surface area contributed by atoms with Crippen molar-refractivity contribution >= 4 is 12.2 Å². The van der Waals surface area contributed by atoms with Crippen LogP contribution in [0.15, 0.2) is 40.2 Å². The topological polar surface area (TPSA) is 82.5 Å². The van der Waals surface area contributed by atoms with Crippen LogP contribution in [0.25, 0.3) is 5.69 Å². The number of carbonyl (C=O) groups is 1. The molecule has 0 atom stereocenters. The minimum Gasteiger partial charge on any atom is -0.323 e. The Morgan fingerprint density at radius 3 is 2.41 bits per heavy atom. The van der Waals surface area contributed by atoms with Crippen molar-refractivity contribution in [2.75, 3.05) is 13.1 Å². The van der Waals surface area contributed by atoms with Crippen molar-refractivity contribution in [3.63, 3.8) is 0 Å². The summed E-state index contributed by atoms with van der Waals surface area (Å²) in [6.07, 6.45) is 5.38. The van der Waals surface area contributed by atoms with Gasteiger partial charge in [-0.1, -0.05) is 44.9 Å². The highest BCUT2D eigenvalue weighted by Crippen LogP contribution is 2.05. The Kier molecular flexibility index (Phi) is 7.85. The lowest BCUT2D eigenvalue weighted by atomic mass is 10.3. The fourth-order valence-electron chi connectivity index (χ4n) is 2.71. The van der Waals surface area contributed by atoms with Crippen LogP contribution in [0.4, 0.5) is 4.79 Å². The fraction of sp³-hybridized carbons (Fsp3) is 0.450. The lowest BCUT2D eigenvalue weighted by Crippen LogP contribution is -2.39. The molecule has 7 nitrogen and oxygen atoms in total. The molecule has 1 heterocycles. The molecule has 2 amide bonds. The number of nitrogens with zero attached hydrogens (tertiary/aromatic N) is 3. The van der Waals surface area contributed by atoms with Crippen LogP contribution in [0.1, 0.15) is 50.8 Å². The third kappa shape index (κ3) is 5.57. The van der Waals surface area contributed by atoms with E-state index in [-0.39, 0.29) is 11.6 Å². The second kappa shape index (κ2) is 10.4. The summed E-state index contributed by atoms with van der Waals surface area (Å²) in [4.78, 5) is 26.7. The molecule has 0 unspecified atom stereocenters. The average molecular weight is 371 g/mol. The predicted octanol–water partition coefficient (Wildman–Crippen LogP) is 3.42. The molecule has 2 rings (SSSR count). The van der Waals surface area contributed by atoms with Crippen LogP contribution < -0.4 is 11.0 Å². The summed E-state index contributed by atoms with van der Waals surface area (Å²) in [5, 5.41) is 7.04. The van der Waals surface area contributed by atoms with Crippen LogP contribution in [0, 0.1) is 6.92 Å². The van der Waals surface area contributed by atoms with Gasteiger partial charge < -0.3 is 4.90 Å². The number of urea groups is 1. The summed E-state index contributed by atoms with van der Waals surface area (Å²) in [7, 11) is 0. The molecule has 0 aliphatic heterocycles. The molecule has 0 spiro atoms. The number of amides is 2. The Hall–Kier alpha value is -2.83. The zero-order chi connectivity index (χ0) is 19.6. The Morgan fingerprint density at radius 2 is 1.81 bits per heavy atom. The molecular weight excluding hydrogens is 342 g/mol. The number of aryl methyl sites for hydroxylation is 1. The van der Waals surface area contributed by atoms with Gasteiger partial charge in [0.2, 0.25) is 0 Å². The largest absolute Gasteiger partial charge is 0.337 e. The smallest absolute Gasteiger partial charge is 0.323 e. The third-order valence-electron chi connectivity index (χ3n) is 4.34. The van der Waals surface area contributed by atoms with E-state index in [0.29, 0.717) is 24.3 Å². The Morgan fingerprint density at radius 1 is 1.19 bits per heavy atom. The van der Waals surface area contributed by atoms with E-state index in [9.17, 15) is 9.59 Å². The van der Waals surface area contributed by atoms with E-state index in [4.69, 9.17) is 0 Å². The molecule has 0 saturated heterocycles. The first kappa shape index (κ1) is 20.5. The van der Waals surface area contributed by atoms with Crippen molar-refractivity contribution in [2.24, 2.45) is 5.10 Å². The zero-order valence-corrected chi connectivity index (χ0v) is 16.4. The summed E-state index contributed by atoms with van der Waals surface area (Å²) in [5.41, 5.74) is 4.21. The van der Waals surface area contributed by atoms with Gasteiger partial charge in [-0.2, -0.15) is 5.10 Å². The second-order valence-electron chi connectivity index (χ2n) is 6.50. The minimum atomic E-state index is -0.232. The van der Waals surface area contributed by atoms with E-state index in [1.54, 1.807) is 11.8 Å². The molecule has 27 heavy (non-hydrogen) atoms. The highest BCUT2D eigenvalue weighted by Gasteiger charge is 2.13. The summed E-state index contributed by atoms with van der Waals surface area (Å²) < 4.78 is 1.47. The summed E-state index contributed by atoms with van der Waals surface area (Å²) in [6.45, 7) is 7.42. The number of benzene rings is 1. The lowest BCUT2D eigenvalue weighted by molar-refractivity contribution is 0.196. The maximum Gasteiger partial charge on any atom is 0.337 e. The number of aromatic amines is 1. The number of hydrogen-bond donors (Lipinski definition) is 2. The van der Waals surface area contributed by atoms with Crippen molar-refractivity contribution in [3.05, 3.63) is 51.9 Å². The molecule has 0 aliphatic carbocycles. The molecule has 1 aromatic heterocycles. The molecule has 2 N–H and O–H groups in total. The fourth-order valence-corrected chi connectivity index (χ4v) is 2.71. The van der Waals surface area contributed by atoms with E-state index in [2.05, 4.69) is 29.5 Å². The van der Waals surface area contributed by atoms with Gasteiger partial charge in [0.05, 0.1) is 17.5 Å². The lowest BCUT2D eigenvalue weighted by Gasteiger charge is -2.21. The summed E-state index contributed by atoms with van der Waals surface area (Å²) in [5.74, 6) is 0.